The standard InChI is InChI=1S/C29H49N3O5/c1-7-9-11-12-13-15-19-32(25(34)21-31-28(36)37-29(4,5)6)26(27(35)30-18-14-10-8-2)23-16-17-24(33)22(3)20-23/h16-17,20,26,33H,7-15,18-19,21H2,1-6H3,(H,30,35)(H,31,36). The molecule has 0 heterocycles. The highest BCUT2D eigenvalue weighted by Crippen LogP contribution is 2.27. The van der Waals surface area contributed by atoms with Crippen LogP contribution >= 0.6 is 0 Å². The maximum atomic E-state index is 13.5. The molecule has 210 valence electrons. The van der Waals surface area contributed by atoms with Gasteiger partial charge in [-0.3, -0.25) is 9.59 Å². The number of amides is 3. The molecule has 0 bridgehead atoms. The summed E-state index contributed by atoms with van der Waals surface area (Å²) in [5.74, 6) is -0.497. The largest absolute Gasteiger partial charge is 0.508 e. The van der Waals surface area contributed by atoms with E-state index in [0.717, 1.165) is 51.4 Å². The van der Waals surface area contributed by atoms with Crippen molar-refractivity contribution in [3.05, 3.63) is 29.3 Å². The monoisotopic (exact) mass is 519 g/mol. The average Bonchev–Trinajstić information content (AvgIpc) is 2.82. The Hall–Kier alpha value is -2.77. The van der Waals surface area contributed by atoms with Gasteiger partial charge in [0.1, 0.15) is 23.9 Å². The van der Waals surface area contributed by atoms with Crippen LogP contribution in [0.4, 0.5) is 4.79 Å². The molecule has 3 N–H and O–H groups in total. The fourth-order valence-corrected chi connectivity index (χ4v) is 4.03. The lowest BCUT2D eigenvalue weighted by Gasteiger charge is -2.32. The number of ether oxygens (including phenoxy) is 1. The molecule has 0 aromatic heterocycles. The van der Waals surface area contributed by atoms with Gasteiger partial charge in [-0.1, -0.05) is 64.9 Å². The highest BCUT2D eigenvalue weighted by Gasteiger charge is 2.31. The second kappa shape index (κ2) is 16.9. The van der Waals surface area contributed by atoms with Gasteiger partial charge in [0.05, 0.1) is 0 Å². The van der Waals surface area contributed by atoms with Crippen molar-refractivity contribution in [3.63, 3.8) is 0 Å². The number of rotatable bonds is 16. The van der Waals surface area contributed by atoms with Crippen molar-refractivity contribution in [1.82, 2.24) is 15.5 Å². The summed E-state index contributed by atoms with van der Waals surface area (Å²) in [5, 5.41) is 15.6. The van der Waals surface area contributed by atoms with Crippen molar-refractivity contribution in [2.75, 3.05) is 19.6 Å². The number of carbonyl (C=O) groups excluding carboxylic acids is 3. The third kappa shape index (κ3) is 12.8. The van der Waals surface area contributed by atoms with Crippen LogP contribution in [0.1, 0.15) is 110 Å². The molecule has 1 rings (SSSR count). The summed E-state index contributed by atoms with van der Waals surface area (Å²) in [4.78, 5) is 40.7. The molecule has 1 atom stereocenters. The summed E-state index contributed by atoms with van der Waals surface area (Å²) in [5.41, 5.74) is 0.565. The molecular weight excluding hydrogens is 470 g/mol. The number of hydrogen-bond donors (Lipinski definition) is 3. The molecule has 3 amide bonds. The first-order chi connectivity index (χ1) is 17.5. The molecule has 0 fully saturated rings. The van der Waals surface area contributed by atoms with Crippen molar-refractivity contribution in [3.8, 4) is 5.75 Å². The predicted octanol–water partition coefficient (Wildman–Crippen LogP) is 5.76. The molecule has 0 aliphatic rings. The number of hydrogen-bond acceptors (Lipinski definition) is 5. The van der Waals surface area contributed by atoms with E-state index in [1.807, 2.05) is 0 Å². The number of nitrogens with one attached hydrogen (secondary N) is 2. The number of phenols is 1. The van der Waals surface area contributed by atoms with Gasteiger partial charge in [0.25, 0.3) is 0 Å². The number of benzene rings is 1. The molecule has 1 unspecified atom stereocenters. The number of alkyl carbamates (subject to hydrolysis) is 1. The smallest absolute Gasteiger partial charge is 0.408 e. The van der Waals surface area contributed by atoms with Crippen LogP contribution in [0.3, 0.4) is 0 Å². The zero-order valence-electron chi connectivity index (χ0n) is 23.8. The van der Waals surface area contributed by atoms with Gasteiger partial charge >= 0.3 is 6.09 Å². The molecular formula is C29H49N3O5. The fourth-order valence-electron chi connectivity index (χ4n) is 4.03. The van der Waals surface area contributed by atoms with Crippen LogP contribution in [-0.2, 0) is 14.3 Å². The molecule has 1 aromatic carbocycles. The first-order valence-corrected chi connectivity index (χ1v) is 13.8. The molecule has 0 spiro atoms. The molecule has 0 saturated heterocycles. The second-order valence-electron chi connectivity index (χ2n) is 10.7. The summed E-state index contributed by atoms with van der Waals surface area (Å²) >= 11 is 0. The van der Waals surface area contributed by atoms with Crippen LogP contribution in [0.2, 0.25) is 0 Å². The quantitative estimate of drug-likeness (QED) is 0.241. The van der Waals surface area contributed by atoms with E-state index >= 15 is 0 Å². The average molecular weight is 520 g/mol. The Morgan fingerprint density at radius 2 is 1.57 bits per heavy atom. The van der Waals surface area contributed by atoms with Gasteiger partial charge in [0.2, 0.25) is 11.8 Å². The molecule has 37 heavy (non-hydrogen) atoms. The van der Waals surface area contributed by atoms with Crippen LogP contribution in [0.25, 0.3) is 0 Å². The van der Waals surface area contributed by atoms with Crippen molar-refractivity contribution in [2.45, 2.75) is 111 Å². The first kappa shape index (κ1) is 32.3. The minimum Gasteiger partial charge on any atom is -0.508 e. The fraction of sp³-hybridized carbons (Fsp3) is 0.690. The predicted molar refractivity (Wildman–Crippen MR) is 147 cm³/mol. The van der Waals surface area contributed by atoms with Gasteiger partial charge in [-0.15, -0.1) is 0 Å². The number of aryl methyl sites for hydroxylation is 1. The molecule has 0 aliphatic carbocycles. The molecule has 0 saturated carbocycles. The lowest BCUT2D eigenvalue weighted by molar-refractivity contribution is -0.140. The van der Waals surface area contributed by atoms with Gasteiger partial charge in [0, 0.05) is 13.1 Å². The third-order valence-electron chi connectivity index (χ3n) is 6.03. The van der Waals surface area contributed by atoms with E-state index < -0.39 is 17.7 Å². The Morgan fingerprint density at radius 3 is 2.19 bits per heavy atom. The number of nitrogens with zero attached hydrogens (tertiary/aromatic N) is 1. The Kier molecular flexibility index (Phi) is 14.7. The summed E-state index contributed by atoms with van der Waals surface area (Å²) in [6.07, 6.45) is 8.46. The van der Waals surface area contributed by atoms with E-state index in [1.54, 1.807) is 50.8 Å². The number of unbranched alkanes of at least 4 members (excludes halogenated alkanes) is 7. The van der Waals surface area contributed by atoms with Gasteiger partial charge in [-0.25, -0.2) is 4.79 Å². The van der Waals surface area contributed by atoms with E-state index in [-0.39, 0.29) is 24.1 Å². The van der Waals surface area contributed by atoms with Gasteiger partial charge < -0.3 is 25.4 Å². The Labute approximate surface area is 223 Å². The van der Waals surface area contributed by atoms with Gasteiger partial charge in [0.15, 0.2) is 0 Å². The number of carbonyl (C=O) groups is 3. The maximum absolute atomic E-state index is 13.5. The molecule has 1 aromatic rings. The topological polar surface area (TPSA) is 108 Å². The lowest BCUT2D eigenvalue weighted by Crippen LogP contribution is -2.48. The van der Waals surface area contributed by atoms with E-state index in [4.69, 9.17) is 4.74 Å². The van der Waals surface area contributed by atoms with E-state index in [2.05, 4.69) is 24.5 Å². The normalized spacial score (nSPS) is 12.1. The zero-order valence-corrected chi connectivity index (χ0v) is 23.8. The van der Waals surface area contributed by atoms with Crippen LogP contribution < -0.4 is 10.6 Å². The second-order valence-corrected chi connectivity index (χ2v) is 10.7. The van der Waals surface area contributed by atoms with Gasteiger partial charge in [-0.2, -0.15) is 0 Å². The van der Waals surface area contributed by atoms with Crippen molar-refractivity contribution in [1.29, 1.82) is 0 Å². The van der Waals surface area contributed by atoms with Crippen LogP contribution in [0.5, 0.6) is 5.75 Å². The van der Waals surface area contributed by atoms with E-state index in [9.17, 15) is 19.5 Å². The molecule has 0 aliphatic heterocycles. The first-order valence-electron chi connectivity index (χ1n) is 13.8. The molecule has 8 nitrogen and oxygen atoms in total. The van der Waals surface area contributed by atoms with Gasteiger partial charge in [-0.05, 0) is 63.8 Å². The Balaban J connectivity index is 3.16. The zero-order chi connectivity index (χ0) is 27.8. The summed E-state index contributed by atoms with van der Waals surface area (Å²) < 4.78 is 5.27. The highest BCUT2D eigenvalue weighted by atomic mass is 16.6. The van der Waals surface area contributed by atoms with Crippen LogP contribution in [0, 0.1) is 6.92 Å². The summed E-state index contributed by atoms with van der Waals surface area (Å²) in [6, 6.07) is 4.11. The summed E-state index contributed by atoms with van der Waals surface area (Å²) in [6.45, 7) is 11.9. The molecule has 8 heteroatoms. The third-order valence-corrected chi connectivity index (χ3v) is 6.03. The maximum Gasteiger partial charge on any atom is 0.408 e. The van der Waals surface area contributed by atoms with Crippen molar-refractivity contribution >= 4 is 17.9 Å². The SMILES string of the molecule is CCCCCCCCN(C(=O)CNC(=O)OC(C)(C)C)C(C(=O)NCCCCC)c1ccc(O)c(C)c1. The molecule has 0 radical (unpaired) electrons. The number of aromatic hydroxyl groups is 1. The van der Waals surface area contributed by atoms with Crippen molar-refractivity contribution in [2.24, 2.45) is 0 Å². The number of phenolic OH excluding ortho intramolecular Hbond substituents is 1. The highest BCUT2D eigenvalue weighted by molar-refractivity contribution is 5.90. The Morgan fingerprint density at radius 1 is 0.946 bits per heavy atom. The van der Waals surface area contributed by atoms with E-state index in [0.29, 0.717) is 24.2 Å². The van der Waals surface area contributed by atoms with Crippen LogP contribution in [0.15, 0.2) is 18.2 Å². The van der Waals surface area contributed by atoms with E-state index in [1.165, 1.54) is 6.42 Å². The summed E-state index contributed by atoms with van der Waals surface area (Å²) in [7, 11) is 0. The van der Waals surface area contributed by atoms with Crippen molar-refractivity contribution < 1.29 is 24.2 Å². The van der Waals surface area contributed by atoms with Crippen LogP contribution in [-0.4, -0.2) is 53.1 Å². The minimum atomic E-state index is -0.871. The lowest BCUT2D eigenvalue weighted by atomic mass is 10.00. The minimum absolute atomic E-state index is 0.131. The Bertz CT molecular complexity index is 850.